The van der Waals surface area contributed by atoms with Crippen LogP contribution in [0.5, 0.6) is 0 Å². The van der Waals surface area contributed by atoms with Crippen LogP contribution >= 0.6 is 23.7 Å². The normalized spacial score (nSPS) is 18.2. The summed E-state index contributed by atoms with van der Waals surface area (Å²) in [6.07, 6.45) is 3.76. The number of fused-ring (bicyclic) bond motifs is 1. The molecule has 2 N–H and O–H groups in total. The van der Waals surface area contributed by atoms with Crippen LogP contribution in [-0.4, -0.2) is 39.5 Å². The van der Waals surface area contributed by atoms with Gasteiger partial charge in [0.05, 0.1) is 11.7 Å². The van der Waals surface area contributed by atoms with Crippen LogP contribution < -0.4 is 11.3 Å². The van der Waals surface area contributed by atoms with Crippen LogP contribution in [0.15, 0.2) is 22.6 Å². The molecule has 2 aromatic rings. The summed E-state index contributed by atoms with van der Waals surface area (Å²) in [7, 11) is 0. The number of carbonyl (C=O) groups excluding carboxylic acids is 1. The van der Waals surface area contributed by atoms with Crippen LogP contribution in [0.25, 0.3) is 10.2 Å². The molecule has 0 radical (unpaired) electrons. The van der Waals surface area contributed by atoms with Crippen molar-refractivity contribution in [1.82, 2.24) is 14.5 Å². The highest BCUT2D eigenvalue weighted by molar-refractivity contribution is 7.16. The smallest absolute Gasteiger partial charge is 0.262 e. The van der Waals surface area contributed by atoms with Crippen molar-refractivity contribution < 1.29 is 4.79 Å². The Bertz CT molecular complexity index is 714. The van der Waals surface area contributed by atoms with E-state index in [-0.39, 0.29) is 29.9 Å². The molecule has 1 fully saturated rings. The zero-order valence-electron chi connectivity index (χ0n) is 12.1. The molecule has 1 unspecified atom stereocenters. The number of nitrogens with two attached hydrogens (primary N) is 1. The Labute approximate surface area is 138 Å². The lowest BCUT2D eigenvalue weighted by atomic mass is 10.1. The van der Waals surface area contributed by atoms with E-state index >= 15 is 0 Å². The van der Waals surface area contributed by atoms with E-state index in [1.165, 1.54) is 22.2 Å². The number of halogens is 1. The summed E-state index contributed by atoms with van der Waals surface area (Å²) in [4.78, 5) is 31.2. The minimum Gasteiger partial charge on any atom is -0.341 e. The van der Waals surface area contributed by atoms with Crippen molar-refractivity contribution in [2.24, 2.45) is 5.73 Å². The van der Waals surface area contributed by atoms with E-state index in [1.807, 2.05) is 5.38 Å². The van der Waals surface area contributed by atoms with Crippen molar-refractivity contribution in [2.45, 2.75) is 31.8 Å². The van der Waals surface area contributed by atoms with Gasteiger partial charge in [-0.05, 0) is 24.3 Å². The Kier molecular flexibility index (Phi) is 5.55. The predicted octanol–water partition coefficient (Wildman–Crippen LogP) is 1.22. The van der Waals surface area contributed by atoms with E-state index in [0.29, 0.717) is 24.9 Å². The van der Waals surface area contributed by atoms with Crippen molar-refractivity contribution in [2.75, 3.05) is 13.1 Å². The van der Waals surface area contributed by atoms with Crippen molar-refractivity contribution in [3.63, 3.8) is 0 Å². The lowest BCUT2D eigenvalue weighted by Crippen LogP contribution is -2.46. The molecule has 0 aliphatic carbocycles. The monoisotopic (exact) mass is 342 g/mol. The van der Waals surface area contributed by atoms with E-state index in [0.717, 1.165) is 24.2 Å². The number of likely N-dealkylation sites (tertiary alicyclic amines) is 1. The van der Waals surface area contributed by atoms with Crippen LogP contribution in [0.1, 0.15) is 19.3 Å². The largest absolute Gasteiger partial charge is 0.341 e. The predicted molar refractivity (Wildman–Crippen MR) is 89.5 cm³/mol. The molecule has 6 nitrogen and oxygen atoms in total. The maximum absolute atomic E-state index is 12.2. The van der Waals surface area contributed by atoms with Gasteiger partial charge in [0.2, 0.25) is 5.91 Å². The van der Waals surface area contributed by atoms with Crippen LogP contribution in [-0.2, 0) is 11.3 Å². The van der Waals surface area contributed by atoms with E-state index in [9.17, 15) is 9.59 Å². The van der Waals surface area contributed by atoms with Gasteiger partial charge in [-0.25, -0.2) is 4.98 Å². The Hall–Kier alpha value is -1.44. The molecule has 0 saturated carbocycles. The summed E-state index contributed by atoms with van der Waals surface area (Å²) in [6.45, 7) is 1.75. The highest BCUT2D eigenvalue weighted by atomic mass is 35.5. The number of amides is 1. The average Bonchev–Trinajstić information content (AvgIpc) is 2.95. The van der Waals surface area contributed by atoms with Gasteiger partial charge in [-0.15, -0.1) is 23.7 Å². The van der Waals surface area contributed by atoms with E-state index in [2.05, 4.69) is 4.98 Å². The van der Waals surface area contributed by atoms with Gasteiger partial charge in [-0.1, -0.05) is 0 Å². The molecule has 1 saturated heterocycles. The quantitative estimate of drug-likeness (QED) is 0.909. The summed E-state index contributed by atoms with van der Waals surface area (Å²) in [5.41, 5.74) is 5.81. The van der Waals surface area contributed by atoms with Crippen molar-refractivity contribution in [3.05, 3.63) is 28.1 Å². The molecule has 120 valence electrons. The molecular weight excluding hydrogens is 324 g/mol. The van der Waals surface area contributed by atoms with Crippen molar-refractivity contribution in [1.29, 1.82) is 0 Å². The lowest BCUT2D eigenvalue weighted by molar-refractivity contribution is -0.132. The summed E-state index contributed by atoms with van der Waals surface area (Å²) in [5.74, 6) is 0.0578. The SMILES string of the molecule is Cl.NC1CCCN(C(=O)CCn2cnc3sccc3c2=O)C1. The summed E-state index contributed by atoms with van der Waals surface area (Å²) < 4.78 is 1.51. The molecule has 8 heteroatoms. The molecular formula is C14H19ClN4O2S. The third-order valence-corrected chi connectivity index (χ3v) is 4.65. The lowest BCUT2D eigenvalue weighted by Gasteiger charge is -2.30. The Morgan fingerprint density at radius 1 is 1.50 bits per heavy atom. The molecule has 0 aromatic carbocycles. The molecule has 3 rings (SSSR count). The number of hydrogen-bond acceptors (Lipinski definition) is 5. The van der Waals surface area contributed by atoms with Gasteiger partial charge in [0.15, 0.2) is 0 Å². The minimum absolute atomic E-state index is 0. The first-order valence-corrected chi connectivity index (χ1v) is 7.99. The van der Waals surface area contributed by atoms with Gasteiger partial charge in [0.25, 0.3) is 5.56 Å². The van der Waals surface area contributed by atoms with Gasteiger partial charge in [-0.3, -0.25) is 14.2 Å². The van der Waals surface area contributed by atoms with Crippen LogP contribution in [0.4, 0.5) is 0 Å². The van der Waals surface area contributed by atoms with Gasteiger partial charge in [-0.2, -0.15) is 0 Å². The second kappa shape index (κ2) is 7.21. The molecule has 22 heavy (non-hydrogen) atoms. The van der Waals surface area contributed by atoms with E-state index in [4.69, 9.17) is 5.73 Å². The van der Waals surface area contributed by atoms with Crippen LogP contribution in [0.2, 0.25) is 0 Å². The number of hydrogen-bond donors (Lipinski definition) is 1. The van der Waals surface area contributed by atoms with Crippen LogP contribution in [0.3, 0.4) is 0 Å². The number of thiophene rings is 1. The van der Waals surface area contributed by atoms with Crippen molar-refractivity contribution >= 4 is 39.9 Å². The van der Waals surface area contributed by atoms with Crippen molar-refractivity contribution in [3.8, 4) is 0 Å². The third-order valence-electron chi connectivity index (χ3n) is 3.83. The summed E-state index contributed by atoms with van der Waals surface area (Å²) in [5, 5.41) is 2.47. The fourth-order valence-electron chi connectivity index (χ4n) is 2.66. The maximum Gasteiger partial charge on any atom is 0.262 e. The maximum atomic E-state index is 12.2. The second-order valence-electron chi connectivity index (χ2n) is 5.37. The number of carbonyl (C=O) groups is 1. The fourth-order valence-corrected chi connectivity index (χ4v) is 3.39. The van der Waals surface area contributed by atoms with Gasteiger partial charge >= 0.3 is 0 Å². The summed E-state index contributed by atoms with van der Waals surface area (Å²) in [6, 6.07) is 1.85. The number of nitrogens with zero attached hydrogens (tertiary/aromatic N) is 3. The first-order chi connectivity index (χ1) is 10.1. The van der Waals surface area contributed by atoms with Gasteiger partial charge < -0.3 is 10.6 Å². The van der Waals surface area contributed by atoms with Gasteiger partial charge in [0.1, 0.15) is 4.83 Å². The number of aryl methyl sites for hydroxylation is 1. The Morgan fingerprint density at radius 3 is 3.09 bits per heavy atom. The zero-order valence-corrected chi connectivity index (χ0v) is 13.7. The highest BCUT2D eigenvalue weighted by Crippen LogP contribution is 2.14. The number of rotatable bonds is 3. The average molecular weight is 343 g/mol. The van der Waals surface area contributed by atoms with E-state index < -0.39 is 0 Å². The Morgan fingerprint density at radius 2 is 2.32 bits per heavy atom. The Balaban J connectivity index is 0.00000176. The van der Waals surface area contributed by atoms with Gasteiger partial charge in [0, 0.05) is 32.1 Å². The molecule has 3 heterocycles. The minimum atomic E-state index is -0.0793. The molecule has 1 atom stereocenters. The zero-order chi connectivity index (χ0) is 14.8. The first-order valence-electron chi connectivity index (χ1n) is 7.11. The summed E-state index contributed by atoms with van der Waals surface area (Å²) >= 11 is 1.44. The molecule has 0 spiro atoms. The molecule has 0 bridgehead atoms. The second-order valence-corrected chi connectivity index (χ2v) is 6.27. The van der Waals surface area contributed by atoms with E-state index in [1.54, 1.807) is 11.0 Å². The molecule has 1 aliphatic heterocycles. The molecule has 1 aliphatic rings. The fraction of sp³-hybridized carbons (Fsp3) is 0.500. The highest BCUT2D eigenvalue weighted by Gasteiger charge is 2.21. The number of piperidine rings is 1. The van der Waals surface area contributed by atoms with Crippen LogP contribution in [0, 0.1) is 0 Å². The molecule has 1 amide bonds. The third kappa shape index (κ3) is 3.48. The number of aromatic nitrogens is 2. The topological polar surface area (TPSA) is 81.2 Å². The first kappa shape index (κ1) is 16.9. The molecule has 2 aromatic heterocycles. The standard InChI is InChI=1S/C14H18N4O2S.ClH/c15-10-2-1-5-17(8-10)12(19)3-6-18-9-16-13-11(14(18)20)4-7-21-13;/h4,7,9-10H,1-3,5-6,8,15H2;1H.